The van der Waals surface area contributed by atoms with E-state index in [0.717, 1.165) is 27.3 Å². The third-order valence-electron chi connectivity index (χ3n) is 5.15. The van der Waals surface area contributed by atoms with Crippen LogP contribution in [0.5, 0.6) is 0 Å². The molecule has 1 aliphatic heterocycles. The number of rotatable bonds is 3. The molecule has 0 spiro atoms. The Morgan fingerprint density at radius 2 is 1.70 bits per heavy atom. The van der Waals surface area contributed by atoms with E-state index in [-0.39, 0.29) is 11.7 Å². The molecule has 1 aromatic carbocycles. The van der Waals surface area contributed by atoms with Crippen LogP contribution in [-0.2, 0) is 0 Å². The van der Waals surface area contributed by atoms with Crippen LogP contribution in [-0.4, -0.2) is 56.3 Å². The van der Waals surface area contributed by atoms with Crippen molar-refractivity contribution >= 4 is 33.5 Å². The summed E-state index contributed by atoms with van der Waals surface area (Å²) in [5.41, 5.74) is 2.95. The van der Waals surface area contributed by atoms with Gasteiger partial charge in [-0.15, -0.1) is 0 Å². The minimum atomic E-state index is -0.284. The number of anilines is 1. The quantitative estimate of drug-likeness (QED) is 0.507. The molecular weight excluding hydrogens is 403 g/mol. The number of piperazine rings is 1. The maximum Gasteiger partial charge on any atom is 0.254 e. The molecule has 30 heavy (non-hydrogen) atoms. The number of aromatic nitrogens is 4. The number of carbonyl (C=O) groups excluding carboxylic acids is 1. The van der Waals surface area contributed by atoms with Crippen molar-refractivity contribution in [2.75, 3.05) is 31.1 Å². The van der Waals surface area contributed by atoms with E-state index in [1.165, 1.54) is 30.0 Å². The highest BCUT2D eigenvalue weighted by molar-refractivity contribution is 7.14. The second-order valence-electron chi connectivity index (χ2n) is 6.93. The summed E-state index contributed by atoms with van der Waals surface area (Å²) in [7, 11) is 0. The first kappa shape index (κ1) is 18.6. The van der Waals surface area contributed by atoms with Gasteiger partial charge in [0.25, 0.3) is 5.91 Å². The molecule has 1 amide bonds. The van der Waals surface area contributed by atoms with Crippen molar-refractivity contribution in [1.82, 2.24) is 24.2 Å². The van der Waals surface area contributed by atoms with Crippen molar-refractivity contribution in [2.24, 2.45) is 0 Å². The molecule has 1 saturated heterocycles. The monoisotopic (exact) mass is 420 g/mol. The Labute approximate surface area is 176 Å². The molecule has 4 aromatic rings. The molecule has 7 nitrogen and oxygen atoms in total. The molecule has 0 unspecified atom stereocenters. The zero-order valence-electron chi connectivity index (χ0n) is 15.9. The van der Waals surface area contributed by atoms with Gasteiger partial charge in [-0.1, -0.05) is 0 Å². The molecule has 5 rings (SSSR count). The van der Waals surface area contributed by atoms with E-state index in [9.17, 15) is 9.18 Å². The normalized spacial score (nSPS) is 14.3. The average Bonchev–Trinajstić information content (AvgIpc) is 3.24. The van der Waals surface area contributed by atoms with Gasteiger partial charge in [-0.2, -0.15) is 4.37 Å². The zero-order chi connectivity index (χ0) is 20.5. The molecule has 4 heterocycles. The first-order valence-corrected chi connectivity index (χ1v) is 10.3. The Morgan fingerprint density at radius 3 is 2.43 bits per heavy atom. The van der Waals surface area contributed by atoms with Gasteiger partial charge in [-0.3, -0.25) is 9.78 Å². The Bertz CT molecular complexity index is 1190. The van der Waals surface area contributed by atoms with Crippen molar-refractivity contribution in [3.05, 3.63) is 66.5 Å². The van der Waals surface area contributed by atoms with Crippen LogP contribution in [0.1, 0.15) is 10.4 Å². The fourth-order valence-corrected chi connectivity index (χ4v) is 4.45. The molecule has 9 heteroatoms. The number of amides is 1. The van der Waals surface area contributed by atoms with Gasteiger partial charge >= 0.3 is 0 Å². The minimum absolute atomic E-state index is 0.0151. The Morgan fingerprint density at radius 1 is 0.967 bits per heavy atom. The Balaban J connectivity index is 1.37. The lowest BCUT2D eigenvalue weighted by Crippen LogP contribution is -2.49. The first-order chi connectivity index (χ1) is 14.7. The van der Waals surface area contributed by atoms with Crippen LogP contribution in [0, 0.1) is 5.82 Å². The third-order valence-corrected chi connectivity index (χ3v) is 5.98. The van der Waals surface area contributed by atoms with E-state index < -0.39 is 0 Å². The molecule has 0 radical (unpaired) electrons. The highest BCUT2D eigenvalue weighted by Crippen LogP contribution is 2.34. The smallest absolute Gasteiger partial charge is 0.254 e. The van der Waals surface area contributed by atoms with Crippen molar-refractivity contribution in [3.8, 4) is 11.3 Å². The van der Waals surface area contributed by atoms with E-state index in [1.54, 1.807) is 36.7 Å². The van der Waals surface area contributed by atoms with Crippen LogP contribution >= 0.6 is 11.5 Å². The van der Waals surface area contributed by atoms with Crippen LogP contribution in [0.2, 0.25) is 0 Å². The number of nitrogens with zero attached hydrogens (tertiary/aromatic N) is 6. The summed E-state index contributed by atoms with van der Waals surface area (Å²) in [6, 6.07) is 9.71. The Kier molecular flexibility index (Phi) is 4.80. The summed E-state index contributed by atoms with van der Waals surface area (Å²) in [5.74, 6) is 0.552. The molecule has 0 N–H and O–H groups in total. The molecular formula is C21H17FN6OS. The zero-order valence-corrected chi connectivity index (χ0v) is 16.7. The van der Waals surface area contributed by atoms with Gasteiger partial charge in [0.05, 0.1) is 0 Å². The summed E-state index contributed by atoms with van der Waals surface area (Å²) >= 11 is 1.34. The van der Waals surface area contributed by atoms with Gasteiger partial charge < -0.3 is 9.80 Å². The number of halogens is 1. The predicted molar refractivity (Wildman–Crippen MR) is 113 cm³/mol. The highest BCUT2D eigenvalue weighted by Gasteiger charge is 2.25. The molecule has 0 bridgehead atoms. The molecule has 0 aliphatic carbocycles. The topological polar surface area (TPSA) is 75.1 Å². The third kappa shape index (κ3) is 3.37. The summed E-state index contributed by atoms with van der Waals surface area (Å²) in [4.78, 5) is 29.5. The lowest BCUT2D eigenvalue weighted by molar-refractivity contribution is 0.0746. The fraction of sp³-hybridized carbons (Fsp3) is 0.190. The number of pyridine rings is 1. The number of carbonyl (C=O) groups is 1. The summed E-state index contributed by atoms with van der Waals surface area (Å²) in [6.45, 7) is 2.56. The SMILES string of the molecule is O=C(c1ccncc1)N1CCN(c2ncnc3c(-c4ccc(F)cc4)nsc23)CC1. The number of fused-ring (bicyclic) bond motifs is 1. The largest absolute Gasteiger partial charge is 0.352 e. The number of benzene rings is 1. The van der Waals surface area contributed by atoms with Crippen molar-refractivity contribution < 1.29 is 9.18 Å². The lowest BCUT2D eigenvalue weighted by atomic mass is 10.1. The van der Waals surface area contributed by atoms with Gasteiger partial charge in [0, 0.05) is 49.7 Å². The maximum atomic E-state index is 13.3. The molecule has 1 fully saturated rings. The van der Waals surface area contributed by atoms with Gasteiger partial charge in [0.2, 0.25) is 0 Å². The number of hydrogen-bond donors (Lipinski definition) is 0. The van der Waals surface area contributed by atoms with E-state index in [2.05, 4.69) is 24.2 Å². The maximum absolute atomic E-state index is 13.3. The van der Waals surface area contributed by atoms with Gasteiger partial charge in [0.1, 0.15) is 28.1 Å². The van der Waals surface area contributed by atoms with E-state index >= 15 is 0 Å². The standard InChI is InChI=1S/C21H17FN6OS/c22-16-3-1-14(2-4-16)17-18-19(30-26-17)20(25-13-24-18)27-9-11-28(12-10-27)21(29)15-5-7-23-8-6-15/h1-8,13H,9-12H2. The van der Waals surface area contributed by atoms with E-state index in [1.807, 2.05) is 4.90 Å². The van der Waals surface area contributed by atoms with Crippen molar-refractivity contribution in [1.29, 1.82) is 0 Å². The van der Waals surface area contributed by atoms with Crippen LogP contribution < -0.4 is 4.90 Å². The Hall–Kier alpha value is -3.46. The average molecular weight is 420 g/mol. The predicted octanol–water partition coefficient (Wildman–Crippen LogP) is 3.25. The fourth-order valence-electron chi connectivity index (χ4n) is 3.57. The first-order valence-electron chi connectivity index (χ1n) is 9.51. The van der Waals surface area contributed by atoms with Crippen molar-refractivity contribution in [3.63, 3.8) is 0 Å². The van der Waals surface area contributed by atoms with Crippen LogP contribution in [0.3, 0.4) is 0 Å². The lowest BCUT2D eigenvalue weighted by Gasteiger charge is -2.35. The minimum Gasteiger partial charge on any atom is -0.352 e. The second kappa shape index (κ2) is 7.75. The summed E-state index contributed by atoms with van der Waals surface area (Å²) in [6.07, 6.45) is 4.79. The molecule has 0 atom stereocenters. The van der Waals surface area contributed by atoms with Crippen molar-refractivity contribution in [2.45, 2.75) is 0 Å². The van der Waals surface area contributed by atoms with Crippen LogP contribution in [0.4, 0.5) is 10.2 Å². The molecule has 150 valence electrons. The van der Waals surface area contributed by atoms with Gasteiger partial charge in [0.15, 0.2) is 5.82 Å². The number of hydrogen-bond acceptors (Lipinski definition) is 7. The van der Waals surface area contributed by atoms with E-state index in [0.29, 0.717) is 31.7 Å². The summed E-state index contributed by atoms with van der Waals surface area (Å²) < 4.78 is 18.7. The van der Waals surface area contributed by atoms with Crippen LogP contribution in [0.25, 0.3) is 21.5 Å². The molecule has 1 aliphatic rings. The highest BCUT2D eigenvalue weighted by atomic mass is 32.1. The van der Waals surface area contributed by atoms with Gasteiger partial charge in [-0.05, 0) is 47.9 Å². The summed E-state index contributed by atoms with van der Waals surface area (Å²) in [5, 5.41) is 0. The van der Waals surface area contributed by atoms with Gasteiger partial charge in [-0.25, -0.2) is 14.4 Å². The van der Waals surface area contributed by atoms with E-state index in [4.69, 9.17) is 0 Å². The van der Waals surface area contributed by atoms with Crippen LogP contribution in [0.15, 0.2) is 55.1 Å². The molecule has 3 aromatic heterocycles. The molecule has 0 saturated carbocycles. The second-order valence-corrected chi connectivity index (χ2v) is 7.70.